The summed E-state index contributed by atoms with van der Waals surface area (Å²) in [6, 6.07) is 10.1. The topological polar surface area (TPSA) is 110 Å². The largest absolute Gasteiger partial charge is 0.508 e. The number of phenols is 1. The molecule has 182 valence electrons. The standard InChI is InChI=1S/C27H28N2O5S/c28-26(33)27(15-17-5-7-18(30)8-6-17)11-9-19(23-4-2-14-35-23)20(25(27)32)10-13-29-12-1-3-22-24(29)21(31)16-34-22/h2,4-9,11,14,22,24,30H,1,3,10,12-13,15-16H2,(H2,28,33). The number of piperidine rings is 1. The molecule has 1 aromatic carbocycles. The summed E-state index contributed by atoms with van der Waals surface area (Å²) in [7, 11) is 0. The molecule has 3 N–H and O–H groups in total. The van der Waals surface area contributed by atoms with Crippen LogP contribution in [-0.2, 0) is 25.5 Å². The first-order chi connectivity index (χ1) is 16.9. The lowest BCUT2D eigenvalue weighted by Gasteiger charge is -2.36. The number of rotatable bonds is 7. The van der Waals surface area contributed by atoms with Gasteiger partial charge in [0.25, 0.3) is 0 Å². The van der Waals surface area contributed by atoms with E-state index in [2.05, 4.69) is 4.90 Å². The number of likely N-dealkylation sites (tertiary alicyclic amines) is 1. The van der Waals surface area contributed by atoms with Gasteiger partial charge >= 0.3 is 0 Å². The van der Waals surface area contributed by atoms with Crippen molar-refractivity contribution in [3.8, 4) is 5.75 Å². The minimum Gasteiger partial charge on any atom is -0.508 e. The van der Waals surface area contributed by atoms with E-state index in [1.54, 1.807) is 18.2 Å². The van der Waals surface area contributed by atoms with Crippen molar-refractivity contribution in [1.29, 1.82) is 0 Å². The van der Waals surface area contributed by atoms with Crippen LogP contribution in [0.4, 0.5) is 0 Å². The second kappa shape index (κ2) is 9.53. The van der Waals surface area contributed by atoms with Gasteiger partial charge in [-0.15, -0.1) is 11.3 Å². The van der Waals surface area contributed by atoms with Crippen molar-refractivity contribution in [3.05, 3.63) is 69.9 Å². The molecule has 3 atom stereocenters. The third-order valence-electron chi connectivity index (χ3n) is 7.28. The summed E-state index contributed by atoms with van der Waals surface area (Å²) in [5, 5.41) is 11.6. The van der Waals surface area contributed by atoms with Crippen LogP contribution in [0.15, 0.2) is 59.5 Å². The highest BCUT2D eigenvalue weighted by molar-refractivity contribution is 7.11. The zero-order valence-corrected chi connectivity index (χ0v) is 20.1. The van der Waals surface area contributed by atoms with Crippen LogP contribution in [0, 0.1) is 5.41 Å². The van der Waals surface area contributed by atoms with Crippen molar-refractivity contribution >= 4 is 34.4 Å². The Kier molecular flexibility index (Phi) is 6.44. The number of carbonyl (C=O) groups is 3. The lowest BCUT2D eigenvalue weighted by molar-refractivity contribution is -0.135. The van der Waals surface area contributed by atoms with Crippen molar-refractivity contribution < 1.29 is 24.2 Å². The molecule has 2 fully saturated rings. The first-order valence-corrected chi connectivity index (χ1v) is 12.7. The Hall–Kier alpha value is -3.07. The number of hydrogen-bond donors (Lipinski definition) is 2. The Morgan fingerprint density at radius 1 is 1.23 bits per heavy atom. The number of nitrogens with two attached hydrogens (primary N) is 1. The molecule has 3 unspecified atom stereocenters. The molecule has 7 nitrogen and oxygen atoms in total. The summed E-state index contributed by atoms with van der Waals surface area (Å²) >= 11 is 1.53. The lowest BCUT2D eigenvalue weighted by atomic mass is 9.70. The van der Waals surface area contributed by atoms with Crippen molar-refractivity contribution in [2.75, 3.05) is 19.7 Å². The van der Waals surface area contributed by atoms with Crippen molar-refractivity contribution in [3.63, 3.8) is 0 Å². The number of carbonyl (C=O) groups excluding carboxylic acids is 3. The number of fused-ring (bicyclic) bond motifs is 1. The van der Waals surface area contributed by atoms with Crippen LogP contribution in [-0.4, -0.2) is 59.3 Å². The molecule has 8 heteroatoms. The average Bonchev–Trinajstić information content (AvgIpc) is 3.51. The third kappa shape index (κ3) is 4.37. The molecule has 0 radical (unpaired) electrons. The van der Waals surface area contributed by atoms with Crippen LogP contribution in [0.2, 0.25) is 0 Å². The summed E-state index contributed by atoms with van der Waals surface area (Å²) in [6.07, 6.45) is 5.71. The maximum atomic E-state index is 14.1. The molecule has 0 bridgehead atoms. The second-order valence-corrected chi connectivity index (χ2v) is 10.3. The number of aromatic hydroxyl groups is 1. The number of nitrogens with zero attached hydrogens (tertiary/aromatic N) is 1. The van der Waals surface area contributed by atoms with Gasteiger partial charge in [-0.05, 0) is 66.9 Å². The molecule has 2 aliphatic heterocycles. The Bertz CT molecular complexity index is 1200. The van der Waals surface area contributed by atoms with Crippen LogP contribution >= 0.6 is 11.3 Å². The van der Waals surface area contributed by atoms with Crippen LogP contribution in [0.3, 0.4) is 0 Å². The number of benzene rings is 1. The quantitative estimate of drug-likeness (QED) is 0.575. The fraction of sp³-hybridized carbons (Fsp3) is 0.370. The molecule has 1 aliphatic carbocycles. The smallest absolute Gasteiger partial charge is 0.235 e. The van der Waals surface area contributed by atoms with Crippen molar-refractivity contribution in [1.82, 2.24) is 4.90 Å². The molecule has 2 aromatic rings. The van der Waals surface area contributed by atoms with E-state index in [4.69, 9.17) is 10.5 Å². The number of primary amides is 1. The monoisotopic (exact) mass is 492 g/mol. The number of ether oxygens (including phenoxy) is 1. The fourth-order valence-electron chi connectivity index (χ4n) is 5.45. The number of hydrogen-bond acceptors (Lipinski definition) is 7. The maximum Gasteiger partial charge on any atom is 0.235 e. The number of Topliss-reactive ketones (excluding diaryl/α,β-unsaturated/α-hetero) is 2. The van der Waals surface area contributed by atoms with Gasteiger partial charge in [0.15, 0.2) is 11.6 Å². The molecule has 35 heavy (non-hydrogen) atoms. The Morgan fingerprint density at radius 2 is 2.03 bits per heavy atom. The zero-order chi connectivity index (χ0) is 24.6. The van der Waals surface area contributed by atoms with Gasteiger partial charge in [0.1, 0.15) is 17.8 Å². The number of amides is 1. The van der Waals surface area contributed by atoms with Gasteiger partial charge < -0.3 is 15.6 Å². The SMILES string of the molecule is NC(=O)C1(Cc2ccc(O)cc2)C=CC(c2cccs2)=C(CCN2CCCC3OCC(=O)C32)C1=O. The average molecular weight is 493 g/mol. The Morgan fingerprint density at radius 3 is 2.74 bits per heavy atom. The highest BCUT2D eigenvalue weighted by Crippen LogP contribution is 2.40. The van der Waals surface area contributed by atoms with Crippen LogP contribution in [0.25, 0.3) is 5.57 Å². The van der Waals surface area contributed by atoms with Crippen LogP contribution < -0.4 is 5.73 Å². The molecule has 1 aromatic heterocycles. The molecule has 5 rings (SSSR count). The zero-order valence-electron chi connectivity index (χ0n) is 19.3. The molecular weight excluding hydrogens is 464 g/mol. The van der Waals surface area contributed by atoms with Gasteiger partial charge in [-0.1, -0.05) is 30.4 Å². The first kappa shape index (κ1) is 23.7. The summed E-state index contributed by atoms with van der Waals surface area (Å²) in [5.74, 6) is -0.799. The molecule has 2 saturated heterocycles. The van der Waals surface area contributed by atoms with E-state index in [-0.39, 0.29) is 42.5 Å². The highest BCUT2D eigenvalue weighted by atomic mass is 32.1. The van der Waals surface area contributed by atoms with Crippen molar-refractivity contribution in [2.45, 2.75) is 37.8 Å². The van der Waals surface area contributed by atoms with E-state index < -0.39 is 11.3 Å². The lowest BCUT2D eigenvalue weighted by Crippen LogP contribution is -2.50. The first-order valence-electron chi connectivity index (χ1n) is 11.9. The molecule has 3 aliphatic rings. The van der Waals surface area contributed by atoms with Gasteiger partial charge in [0.2, 0.25) is 5.91 Å². The summed E-state index contributed by atoms with van der Waals surface area (Å²) in [6.45, 7) is 1.44. The van der Waals surface area contributed by atoms with Crippen molar-refractivity contribution in [2.24, 2.45) is 11.1 Å². The molecule has 0 spiro atoms. The van der Waals surface area contributed by atoms with Gasteiger partial charge in [-0.2, -0.15) is 0 Å². The molecule has 0 saturated carbocycles. The minimum absolute atomic E-state index is 0.0804. The van der Waals surface area contributed by atoms with E-state index in [9.17, 15) is 19.5 Å². The number of phenolic OH excluding ortho intramolecular Hbond substituents is 1. The summed E-state index contributed by atoms with van der Waals surface area (Å²) < 4.78 is 5.67. The highest BCUT2D eigenvalue weighted by Gasteiger charge is 2.47. The second-order valence-electron chi connectivity index (χ2n) is 9.40. The predicted molar refractivity (Wildman–Crippen MR) is 133 cm³/mol. The summed E-state index contributed by atoms with van der Waals surface area (Å²) in [4.78, 5) is 42.4. The minimum atomic E-state index is -1.51. The Labute approximate surface area is 207 Å². The van der Waals surface area contributed by atoms with Crippen LogP contribution in [0.5, 0.6) is 5.75 Å². The van der Waals surface area contributed by atoms with E-state index in [0.717, 1.165) is 35.4 Å². The van der Waals surface area contributed by atoms with E-state index in [0.29, 0.717) is 18.5 Å². The summed E-state index contributed by atoms with van der Waals surface area (Å²) in [5.41, 5.74) is 6.45. The van der Waals surface area contributed by atoms with Gasteiger partial charge in [-0.3, -0.25) is 19.3 Å². The van der Waals surface area contributed by atoms with E-state index >= 15 is 0 Å². The third-order valence-corrected chi connectivity index (χ3v) is 8.19. The number of allylic oxidation sites excluding steroid dienone is 2. The number of ketones is 2. The predicted octanol–water partition coefficient (Wildman–Crippen LogP) is 2.88. The van der Waals surface area contributed by atoms with Crippen LogP contribution in [0.1, 0.15) is 29.7 Å². The Balaban J connectivity index is 1.47. The van der Waals surface area contributed by atoms with E-state index in [1.807, 2.05) is 23.6 Å². The molecule has 3 heterocycles. The van der Waals surface area contributed by atoms with Gasteiger partial charge in [0, 0.05) is 17.0 Å². The number of thiophene rings is 1. The fourth-order valence-corrected chi connectivity index (χ4v) is 6.23. The normalized spacial score (nSPS) is 26.9. The molecular formula is C27H28N2O5S. The van der Waals surface area contributed by atoms with Gasteiger partial charge in [0.05, 0.1) is 12.1 Å². The van der Waals surface area contributed by atoms with E-state index in [1.165, 1.54) is 23.5 Å². The maximum absolute atomic E-state index is 14.1. The van der Waals surface area contributed by atoms with Gasteiger partial charge in [-0.25, -0.2) is 0 Å². The molecule has 1 amide bonds.